The summed E-state index contributed by atoms with van der Waals surface area (Å²) < 4.78 is 11.0. The SMILES string of the molecule is COc1cc2c(cc1C(Cl)C(=O)N(C)C)OC(C)C2. The standard InChI is InChI=1S/C14H18ClNO3/c1-8-5-9-6-12(18-4)10(7-11(9)19-8)13(15)14(17)16(2)3/h6-8,13H,5H2,1-4H3. The highest BCUT2D eigenvalue weighted by atomic mass is 35.5. The summed E-state index contributed by atoms with van der Waals surface area (Å²) in [6, 6.07) is 3.73. The lowest BCUT2D eigenvalue weighted by Gasteiger charge is -2.18. The first-order chi connectivity index (χ1) is 8.93. The van der Waals surface area contributed by atoms with Gasteiger partial charge >= 0.3 is 0 Å². The van der Waals surface area contributed by atoms with Crippen molar-refractivity contribution in [1.29, 1.82) is 0 Å². The van der Waals surface area contributed by atoms with Crippen LogP contribution in [0.25, 0.3) is 0 Å². The molecule has 2 unspecified atom stereocenters. The molecule has 1 aliphatic heterocycles. The van der Waals surface area contributed by atoms with Crippen molar-refractivity contribution in [3.05, 3.63) is 23.3 Å². The summed E-state index contributed by atoms with van der Waals surface area (Å²) >= 11 is 6.25. The lowest BCUT2D eigenvalue weighted by Crippen LogP contribution is -2.25. The zero-order valence-corrected chi connectivity index (χ0v) is 12.3. The van der Waals surface area contributed by atoms with Gasteiger partial charge in [0.2, 0.25) is 5.91 Å². The molecule has 0 N–H and O–H groups in total. The zero-order chi connectivity index (χ0) is 14.2. The van der Waals surface area contributed by atoms with Crippen molar-refractivity contribution < 1.29 is 14.3 Å². The Balaban J connectivity index is 2.40. The van der Waals surface area contributed by atoms with Gasteiger partial charge in [0.05, 0.1) is 7.11 Å². The smallest absolute Gasteiger partial charge is 0.244 e. The summed E-state index contributed by atoms with van der Waals surface area (Å²) in [5.74, 6) is 1.25. The Morgan fingerprint density at radius 3 is 2.79 bits per heavy atom. The number of benzene rings is 1. The number of ether oxygens (including phenoxy) is 2. The average molecular weight is 284 g/mol. The van der Waals surface area contributed by atoms with Crippen molar-refractivity contribution in [2.75, 3.05) is 21.2 Å². The van der Waals surface area contributed by atoms with Crippen LogP contribution in [0.5, 0.6) is 11.5 Å². The molecule has 0 saturated heterocycles. The molecule has 19 heavy (non-hydrogen) atoms. The number of carbonyl (C=O) groups excluding carboxylic acids is 1. The summed E-state index contributed by atoms with van der Waals surface area (Å²) in [5, 5.41) is -0.769. The molecule has 1 amide bonds. The van der Waals surface area contributed by atoms with Crippen LogP contribution in [0.15, 0.2) is 12.1 Å². The van der Waals surface area contributed by atoms with Crippen molar-refractivity contribution >= 4 is 17.5 Å². The summed E-state index contributed by atoms with van der Waals surface area (Å²) in [6.45, 7) is 2.01. The number of nitrogens with zero attached hydrogens (tertiary/aromatic N) is 1. The lowest BCUT2D eigenvalue weighted by molar-refractivity contribution is -0.128. The van der Waals surface area contributed by atoms with E-state index in [2.05, 4.69) is 0 Å². The van der Waals surface area contributed by atoms with Crippen LogP contribution in [0.1, 0.15) is 23.4 Å². The molecule has 2 atom stereocenters. The van der Waals surface area contributed by atoms with Gasteiger partial charge in [0.15, 0.2) is 0 Å². The zero-order valence-electron chi connectivity index (χ0n) is 11.6. The van der Waals surface area contributed by atoms with Crippen LogP contribution < -0.4 is 9.47 Å². The second-order valence-corrected chi connectivity index (χ2v) is 5.37. The van der Waals surface area contributed by atoms with Gasteiger partial charge < -0.3 is 14.4 Å². The van der Waals surface area contributed by atoms with E-state index in [1.54, 1.807) is 21.2 Å². The molecule has 0 saturated carbocycles. The molecule has 0 aliphatic carbocycles. The number of hydrogen-bond acceptors (Lipinski definition) is 3. The molecule has 1 aromatic carbocycles. The molecule has 104 valence electrons. The summed E-state index contributed by atoms with van der Waals surface area (Å²) in [5.41, 5.74) is 1.74. The second kappa shape index (κ2) is 5.29. The number of hydrogen-bond donors (Lipinski definition) is 0. The Morgan fingerprint density at radius 2 is 2.21 bits per heavy atom. The molecular weight excluding hydrogens is 266 g/mol. The fourth-order valence-corrected chi connectivity index (χ4v) is 2.56. The maximum absolute atomic E-state index is 12.0. The van der Waals surface area contributed by atoms with Gasteiger partial charge in [-0.05, 0) is 19.1 Å². The Bertz CT molecular complexity index is 502. The Morgan fingerprint density at radius 1 is 1.53 bits per heavy atom. The molecule has 0 aromatic heterocycles. The van der Waals surface area contributed by atoms with E-state index in [9.17, 15) is 4.79 Å². The van der Waals surface area contributed by atoms with E-state index in [1.165, 1.54) is 4.90 Å². The fraction of sp³-hybridized carbons (Fsp3) is 0.500. The maximum atomic E-state index is 12.0. The number of amides is 1. The topological polar surface area (TPSA) is 38.8 Å². The number of alkyl halides is 1. The van der Waals surface area contributed by atoms with Crippen LogP contribution in [0.3, 0.4) is 0 Å². The predicted molar refractivity (Wildman–Crippen MR) is 74.1 cm³/mol. The van der Waals surface area contributed by atoms with E-state index in [0.717, 1.165) is 17.7 Å². The van der Waals surface area contributed by atoms with Gasteiger partial charge in [0.1, 0.15) is 23.0 Å². The van der Waals surface area contributed by atoms with Gasteiger partial charge in [-0.3, -0.25) is 4.79 Å². The molecule has 0 fully saturated rings. The number of methoxy groups -OCH3 is 1. The molecule has 5 heteroatoms. The van der Waals surface area contributed by atoms with Crippen LogP contribution >= 0.6 is 11.6 Å². The summed E-state index contributed by atoms with van der Waals surface area (Å²) in [4.78, 5) is 13.4. The van der Waals surface area contributed by atoms with Crippen LogP contribution in [0, 0.1) is 0 Å². The number of fused-ring (bicyclic) bond motifs is 1. The van der Waals surface area contributed by atoms with E-state index in [4.69, 9.17) is 21.1 Å². The molecule has 0 spiro atoms. The Labute approximate surface area is 118 Å². The summed E-state index contributed by atoms with van der Waals surface area (Å²) in [7, 11) is 4.93. The molecule has 0 radical (unpaired) electrons. The van der Waals surface area contributed by atoms with Crippen molar-refractivity contribution in [2.24, 2.45) is 0 Å². The lowest BCUT2D eigenvalue weighted by atomic mass is 10.0. The highest BCUT2D eigenvalue weighted by Crippen LogP contribution is 2.39. The van der Waals surface area contributed by atoms with E-state index >= 15 is 0 Å². The molecule has 4 nitrogen and oxygen atoms in total. The Hall–Kier alpha value is -1.42. The third-order valence-electron chi connectivity index (χ3n) is 3.18. The van der Waals surface area contributed by atoms with Crippen LogP contribution in [-0.2, 0) is 11.2 Å². The first kappa shape index (κ1) is 14.0. The van der Waals surface area contributed by atoms with Crippen LogP contribution in [-0.4, -0.2) is 38.1 Å². The average Bonchev–Trinajstić information content (AvgIpc) is 2.74. The minimum Gasteiger partial charge on any atom is -0.496 e. The number of likely N-dealkylation sites (N-methyl/N-ethyl adjacent to an activating group) is 1. The third-order valence-corrected chi connectivity index (χ3v) is 3.60. The highest BCUT2D eigenvalue weighted by Gasteiger charge is 2.28. The van der Waals surface area contributed by atoms with E-state index in [0.29, 0.717) is 11.3 Å². The minimum absolute atomic E-state index is 0.147. The normalized spacial score (nSPS) is 18.5. The number of rotatable bonds is 3. The van der Waals surface area contributed by atoms with Gasteiger partial charge in [-0.2, -0.15) is 0 Å². The van der Waals surface area contributed by atoms with E-state index in [1.807, 2.05) is 19.1 Å². The van der Waals surface area contributed by atoms with E-state index < -0.39 is 5.38 Å². The third kappa shape index (κ3) is 2.63. The molecule has 2 rings (SSSR count). The maximum Gasteiger partial charge on any atom is 0.244 e. The fourth-order valence-electron chi connectivity index (χ4n) is 2.19. The second-order valence-electron chi connectivity index (χ2n) is 4.93. The van der Waals surface area contributed by atoms with Gasteiger partial charge in [-0.15, -0.1) is 11.6 Å². The molecule has 1 aromatic rings. The van der Waals surface area contributed by atoms with Gasteiger partial charge in [-0.25, -0.2) is 0 Å². The van der Waals surface area contributed by atoms with Crippen LogP contribution in [0.4, 0.5) is 0 Å². The molecule has 1 aliphatic rings. The molecule has 1 heterocycles. The minimum atomic E-state index is -0.769. The van der Waals surface area contributed by atoms with E-state index in [-0.39, 0.29) is 12.0 Å². The summed E-state index contributed by atoms with van der Waals surface area (Å²) in [6.07, 6.45) is 0.994. The molecule has 0 bridgehead atoms. The van der Waals surface area contributed by atoms with Crippen molar-refractivity contribution in [1.82, 2.24) is 4.90 Å². The first-order valence-electron chi connectivity index (χ1n) is 6.16. The quantitative estimate of drug-likeness (QED) is 0.800. The predicted octanol–water partition coefficient (Wildman–Crippen LogP) is 2.39. The van der Waals surface area contributed by atoms with Crippen molar-refractivity contribution in [3.8, 4) is 11.5 Å². The van der Waals surface area contributed by atoms with Crippen molar-refractivity contribution in [2.45, 2.75) is 24.8 Å². The van der Waals surface area contributed by atoms with Crippen LogP contribution in [0.2, 0.25) is 0 Å². The number of carbonyl (C=O) groups is 1. The largest absolute Gasteiger partial charge is 0.496 e. The highest BCUT2D eigenvalue weighted by molar-refractivity contribution is 6.31. The number of halogens is 1. The Kier molecular flexibility index (Phi) is 3.90. The monoisotopic (exact) mass is 283 g/mol. The van der Waals surface area contributed by atoms with Crippen molar-refractivity contribution in [3.63, 3.8) is 0 Å². The van der Waals surface area contributed by atoms with Gasteiger partial charge in [0.25, 0.3) is 0 Å². The van der Waals surface area contributed by atoms with Gasteiger partial charge in [0, 0.05) is 31.6 Å². The first-order valence-corrected chi connectivity index (χ1v) is 6.60. The van der Waals surface area contributed by atoms with Gasteiger partial charge in [-0.1, -0.05) is 0 Å². The molecular formula is C14H18ClNO3.